The fourth-order valence-corrected chi connectivity index (χ4v) is 1.50. The summed E-state index contributed by atoms with van der Waals surface area (Å²) in [5.74, 6) is -0.555. The molecule has 5 heteroatoms. The number of carbonyl (C=O) groups excluding carboxylic acids is 1. The van der Waals surface area contributed by atoms with Crippen molar-refractivity contribution < 1.29 is 4.79 Å². The van der Waals surface area contributed by atoms with Crippen LogP contribution in [0.3, 0.4) is 0 Å². The van der Waals surface area contributed by atoms with E-state index in [0.29, 0.717) is 5.65 Å². The quantitative estimate of drug-likeness (QED) is 0.709. The first-order chi connectivity index (χ1) is 6.61. The Morgan fingerprint density at radius 1 is 1.29 bits per heavy atom. The van der Waals surface area contributed by atoms with Crippen LogP contribution in [0.25, 0.3) is 5.65 Å². The molecular weight excluding hydrogens is 180 g/mol. The molecular formula is C9H10N4O. The van der Waals surface area contributed by atoms with Gasteiger partial charge in [0.15, 0.2) is 11.3 Å². The van der Waals surface area contributed by atoms with Gasteiger partial charge in [-0.05, 0) is 13.8 Å². The summed E-state index contributed by atoms with van der Waals surface area (Å²) in [6.45, 7) is 3.82. The molecule has 0 unspecified atom stereocenters. The highest BCUT2D eigenvalue weighted by Crippen LogP contribution is 2.11. The molecule has 2 aromatic heterocycles. The Labute approximate surface area is 80.6 Å². The smallest absolute Gasteiger partial charge is 0.271 e. The Hall–Kier alpha value is -1.91. The third-order valence-corrected chi connectivity index (χ3v) is 2.12. The maximum absolute atomic E-state index is 11.0. The van der Waals surface area contributed by atoms with E-state index in [4.69, 9.17) is 5.73 Å². The summed E-state index contributed by atoms with van der Waals surface area (Å²) in [7, 11) is 0. The SMILES string of the molecule is Cc1cnc(C(N)=O)c2ncc(C)n12. The van der Waals surface area contributed by atoms with Crippen LogP contribution in [0.15, 0.2) is 12.4 Å². The predicted molar refractivity (Wildman–Crippen MR) is 51.0 cm³/mol. The highest BCUT2D eigenvalue weighted by molar-refractivity contribution is 5.96. The lowest BCUT2D eigenvalue weighted by Gasteiger charge is -2.03. The molecule has 5 nitrogen and oxygen atoms in total. The Bertz CT molecular complexity index is 515. The van der Waals surface area contributed by atoms with Crippen molar-refractivity contribution in [3.8, 4) is 0 Å². The lowest BCUT2D eigenvalue weighted by molar-refractivity contribution is 0.0996. The van der Waals surface area contributed by atoms with Gasteiger partial charge in [0.05, 0.1) is 0 Å². The zero-order valence-corrected chi connectivity index (χ0v) is 7.98. The molecule has 2 N–H and O–H groups in total. The van der Waals surface area contributed by atoms with E-state index < -0.39 is 5.91 Å². The number of nitrogens with zero attached hydrogens (tertiary/aromatic N) is 3. The highest BCUT2D eigenvalue weighted by Gasteiger charge is 2.12. The van der Waals surface area contributed by atoms with E-state index in [9.17, 15) is 4.79 Å². The highest BCUT2D eigenvalue weighted by atomic mass is 16.1. The molecule has 0 aliphatic rings. The van der Waals surface area contributed by atoms with Gasteiger partial charge in [-0.3, -0.25) is 9.20 Å². The number of nitrogens with two attached hydrogens (primary N) is 1. The van der Waals surface area contributed by atoms with Crippen molar-refractivity contribution in [2.75, 3.05) is 0 Å². The molecule has 2 aromatic rings. The number of amides is 1. The monoisotopic (exact) mass is 190 g/mol. The van der Waals surface area contributed by atoms with Crippen LogP contribution in [0.1, 0.15) is 21.9 Å². The van der Waals surface area contributed by atoms with Crippen LogP contribution >= 0.6 is 0 Å². The standard InChI is InChI=1S/C9H10N4O/c1-5-3-11-7(8(10)14)9-12-4-6(2)13(5)9/h3-4H,1-2H3,(H2,10,14). The first-order valence-electron chi connectivity index (χ1n) is 4.20. The van der Waals surface area contributed by atoms with Gasteiger partial charge in [0.1, 0.15) is 0 Å². The number of imidazole rings is 1. The molecule has 0 saturated heterocycles. The number of aromatic nitrogens is 3. The lowest BCUT2D eigenvalue weighted by Crippen LogP contribution is -2.15. The second-order valence-electron chi connectivity index (χ2n) is 3.17. The fraction of sp³-hybridized carbons (Fsp3) is 0.222. The number of rotatable bonds is 1. The molecule has 0 aliphatic carbocycles. The van der Waals surface area contributed by atoms with E-state index >= 15 is 0 Å². The second kappa shape index (κ2) is 2.80. The summed E-state index contributed by atoms with van der Waals surface area (Å²) >= 11 is 0. The zero-order chi connectivity index (χ0) is 10.3. The van der Waals surface area contributed by atoms with Gasteiger partial charge in [-0.15, -0.1) is 0 Å². The maximum atomic E-state index is 11.0. The van der Waals surface area contributed by atoms with Crippen LogP contribution in [-0.2, 0) is 0 Å². The van der Waals surface area contributed by atoms with Crippen molar-refractivity contribution in [1.29, 1.82) is 0 Å². The minimum absolute atomic E-state index is 0.212. The van der Waals surface area contributed by atoms with Crippen molar-refractivity contribution in [1.82, 2.24) is 14.4 Å². The molecule has 0 saturated carbocycles. The number of fused-ring (bicyclic) bond motifs is 1. The predicted octanol–water partition coefficient (Wildman–Crippen LogP) is 0.445. The van der Waals surface area contributed by atoms with Crippen molar-refractivity contribution in [2.24, 2.45) is 5.73 Å². The molecule has 0 atom stereocenters. The second-order valence-corrected chi connectivity index (χ2v) is 3.17. The zero-order valence-electron chi connectivity index (χ0n) is 7.98. The van der Waals surface area contributed by atoms with E-state index in [-0.39, 0.29) is 5.69 Å². The Kier molecular flexibility index (Phi) is 1.73. The van der Waals surface area contributed by atoms with Crippen LogP contribution in [0, 0.1) is 13.8 Å². The molecule has 0 aliphatic heterocycles. The molecule has 2 rings (SSSR count). The lowest BCUT2D eigenvalue weighted by atomic mass is 10.3. The number of carbonyl (C=O) groups is 1. The summed E-state index contributed by atoms with van der Waals surface area (Å²) in [6, 6.07) is 0. The molecule has 0 radical (unpaired) electrons. The van der Waals surface area contributed by atoms with E-state index in [1.165, 1.54) is 0 Å². The van der Waals surface area contributed by atoms with Gasteiger partial charge in [-0.2, -0.15) is 0 Å². The average molecular weight is 190 g/mol. The van der Waals surface area contributed by atoms with Gasteiger partial charge in [0, 0.05) is 23.8 Å². The number of aryl methyl sites for hydroxylation is 2. The molecule has 0 spiro atoms. The molecule has 14 heavy (non-hydrogen) atoms. The summed E-state index contributed by atoms with van der Waals surface area (Å²) in [6.07, 6.45) is 3.30. The number of hydrogen-bond donors (Lipinski definition) is 1. The van der Waals surface area contributed by atoms with Crippen molar-refractivity contribution in [2.45, 2.75) is 13.8 Å². The first kappa shape index (κ1) is 8.68. The summed E-state index contributed by atoms with van der Waals surface area (Å²) in [5.41, 5.74) is 7.81. The van der Waals surface area contributed by atoms with E-state index in [1.807, 2.05) is 18.2 Å². The van der Waals surface area contributed by atoms with Crippen LogP contribution in [0.5, 0.6) is 0 Å². The first-order valence-corrected chi connectivity index (χ1v) is 4.20. The fourth-order valence-electron chi connectivity index (χ4n) is 1.50. The minimum Gasteiger partial charge on any atom is -0.364 e. The molecule has 72 valence electrons. The molecule has 1 amide bonds. The average Bonchev–Trinajstić information content (AvgIpc) is 2.49. The van der Waals surface area contributed by atoms with Gasteiger partial charge < -0.3 is 5.73 Å². The van der Waals surface area contributed by atoms with Crippen LogP contribution in [0.4, 0.5) is 0 Å². The molecule has 2 heterocycles. The summed E-state index contributed by atoms with van der Waals surface area (Å²) in [4.78, 5) is 19.1. The minimum atomic E-state index is -0.555. The van der Waals surface area contributed by atoms with Crippen molar-refractivity contribution in [3.05, 3.63) is 29.5 Å². The normalized spacial score (nSPS) is 10.7. The summed E-state index contributed by atoms with van der Waals surface area (Å²) in [5, 5.41) is 0. The van der Waals surface area contributed by atoms with Crippen LogP contribution < -0.4 is 5.73 Å². The summed E-state index contributed by atoms with van der Waals surface area (Å²) < 4.78 is 1.85. The Morgan fingerprint density at radius 3 is 2.43 bits per heavy atom. The maximum Gasteiger partial charge on any atom is 0.271 e. The van der Waals surface area contributed by atoms with Crippen molar-refractivity contribution in [3.63, 3.8) is 0 Å². The Morgan fingerprint density at radius 2 is 1.86 bits per heavy atom. The molecule has 0 aromatic carbocycles. The van der Waals surface area contributed by atoms with Gasteiger partial charge in [-0.1, -0.05) is 0 Å². The van der Waals surface area contributed by atoms with Gasteiger partial charge in [-0.25, -0.2) is 9.97 Å². The van der Waals surface area contributed by atoms with E-state index in [1.54, 1.807) is 12.4 Å². The number of primary amides is 1. The van der Waals surface area contributed by atoms with Crippen LogP contribution in [0.2, 0.25) is 0 Å². The van der Waals surface area contributed by atoms with Gasteiger partial charge in [0.2, 0.25) is 0 Å². The number of hydrogen-bond acceptors (Lipinski definition) is 3. The third kappa shape index (κ3) is 1.06. The van der Waals surface area contributed by atoms with Gasteiger partial charge >= 0.3 is 0 Å². The van der Waals surface area contributed by atoms with Crippen LogP contribution in [-0.4, -0.2) is 20.3 Å². The Balaban J connectivity index is 2.90. The van der Waals surface area contributed by atoms with Crippen molar-refractivity contribution >= 4 is 11.6 Å². The molecule has 0 fully saturated rings. The molecule has 0 bridgehead atoms. The van der Waals surface area contributed by atoms with E-state index in [2.05, 4.69) is 9.97 Å². The third-order valence-electron chi connectivity index (χ3n) is 2.12. The van der Waals surface area contributed by atoms with Gasteiger partial charge in [0.25, 0.3) is 5.91 Å². The topological polar surface area (TPSA) is 73.3 Å². The van der Waals surface area contributed by atoms with E-state index in [0.717, 1.165) is 11.4 Å². The largest absolute Gasteiger partial charge is 0.364 e.